The van der Waals surface area contributed by atoms with Crippen LogP contribution in [0.4, 0.5) is 0 Å². The van der Waals surface area contributed by atoms with Gasteiger partial charge >= 0.3 is 0 Å². The number of hydrogen-bond acceptors (Lipinski definition) is 1. The van der Waals surface area contributed by atoms with Crippen molar-refractivity contribution in [2.45, 2.75) is 38.0 Å². The highest BCUT2D eigenvalue weighted by atomic mass is 14.4. The SMILES string of the molecule is CCC[C@](C#N)(c1ccccc1)[C@@H](C)c1ccccc1. The van der Waals surface area contributed by atoms with E-state index in [-0.39, 0.29) is 5.92 Å². The van der Waals surface area contributed by atoms with Crippen LogP contribution in [0.15, 0.2) is 60.7 Å². The van der Waals surface area contributed by atoms with Gasteiger partial charge in [0.05, 0.1) is 11.5 Å². The van der Waals surface area contributed by atoms with Crippen LogP contribution in [0.1, 0.15) is 43.7 Å². The summed E-state index contributed by atoms with van der Waals surface area (Å²) in [5.41, 5.74) is 1.91. The number of benzene rings is 2. The summed E-state index contributed by atoms with van der Waals surface area (Å²) in [6.07, 6.45) is 1.88. The Kier molecular flexibility index (Phi) is 4.58. The molecule has 2 atom stereocenters. The van der Waals surface area contributed by atoms with E-state index in [9.17, 15) is 5.26 Å². The van der Waals surface area contributed by atoms with Crippen molar-refractivity contribution in [1.29, 1.82) is 5.26 Å². The molecule has 0 amide bonds. The Balaban J connectivity index is 2.50. The summed E-state index contributed by atoms with van der Waals surface area (Å²) in [6, 6.07) is 23.2. The molecular formula is C19H21N. The van der Waals surface area contributed by atoms with Gasteiger partial charge in [0, 0.05) is 5.92 Å². The van der Waals surface area contributed by atoms with Gasteiger partial charge in [0.15, 0.2) is 0 Å². The van der Waals surface area contributed by atoms with Gasteiger partial charge in [-0.15, -0.1) is 0 Å². The number of nitrogens with zero attached hydrogens (tertiary/aromatic N) is 1. The van der Waals surface area contributed by atoms with E-state index in [0.29, 0.717) is 0 Å². The fourth-order valence-corrected chi connectivity index (χ4v) is 2.98. The van der Waals surface area contributed by atoms with Crippen LogP contribution in [0.3, 0.4) is 0 Å². The van der Waals surface area contributed by atoms with Crippen LogP contribution in [0.5, 0.6) is 0 Å². The van der Waals surface area contributed by atoms with Gasteiger partial charge in [0.25, 0.3) is 0 Å². The normalized spacial score (nSPS) is 15.1. The lowest BCUT2D eigenvalue weighted by Gasteiger charge is -2.33. The molecule has 0 aliphatic carbocycles. The number of hydrogen-bond donors (Lipinski definition) is 0. The molecule has 1 nitrogen and oxygen atoms in total. The summed E-state index contributed by atoms with van der Waals surface area (Å²) in [7, 11) is 0. The van der Waals surface area contributed by atoms with Crippen molar-refractivity contribution < 1.29 is 0 Å². The van der Waals surface area contributed by atoms with E-state index in [1.54, 1.807) is 0 Å². The van der Waals surface area contributed by atoms with Crippen LogP contribution in [0.25, 0.3) is 0 Å². The molecular weight excluding hydrogens is 242 g/mol. The maximum atomic E-state index is 9.94. The van der Waals surface area contributed by atoms with Crippen molar-refractivity contribution in [3.05, 3.63) is 71.8 Å². The third-order valence-corrected chi connectivity index (χ3v) is 4.17. The van der Waals surface area contributed by atoms with E-state index in [1.807, 2.05) is 36.4 Å². The second-order valence-electron chi connectivity index (χ2n) is 5.33. The Morgan fingerprint density at radius 1 is 1.00 bits per heavy atom. The van der Waals surface area contributed by atoms with Crippen LogP contribution in [-0.2, 0) is 5.41 Å². The summed E-state index contributed by atoms with van der Waals surface area (Å²) >= 11 is 0. The first-order valence-corrected chi connectivity index (χ1v) is 7.26. The van der Waals surface area contributed by atoms with Crippen molar-refractivity contribution in [2.75, 3.05) is 0 Å². The molecule has 0 unspecified atom stereocenters. The Bertz CT molecular complexity index is 568. The highest BCUT2D eigenvalue weighted by Crippen LogP contribution is 2.42. The molecule has 20 heavy (non-hydrogen) atoms. The Hall–Kier alpha value is -2.07. The fourth-order valence-electron chi connectivity index (χ4n) is 2.98. The van der Waals surface area contributed by atoms with Crippen molar-refractivity contribution in [1.82, 2.24) is 0 Å². The minimum Gasteiger partial charge on any atom is -0.197 e. The van der Waals surface area contributed by atoms with Crippen molar-refractivity contribution in [3.8, 4) is 6.07 Å². The number of rotatable bonds is 5. The molecule has 0 N–H and O–H groups in total. The zero-order valence-electron chi connectivity index (χ0n) is 12.2. The molecule has 0 bridgehead atoms. The summed E-state index contributed by atoms with van der Waals surface area (Å²) in [4.78, 5) is 0. The summed E-state index contributed by atoms with van der Waals surface area (Å²) < 4.78 is 0. The Morgan fingerprint density at radius 2 is 1.55 bits per heavy atom. The first-order valence-electron chi connectivity index (χ1n) is 7.26. The van der Waals surface area contributed by atoms with Gasteiger partial charge in [0.2, 0.25) is 0 Å². The van der Waals surface area contributed by atoms with Gasteiger partial charge in [-0.3, -0.25) is 0 Å². The predicted octanol–water partition coefficient (Wildman–Crippen LogP) is 5.05. The van der Waals surface area contributed by atoms with Gasteiger partial charge in [-0.05, 0) is 17.5 Å². The van der Waals surface area contributed by atoms with Gasteiger partial charge < -0.3 is 0 Å². The third-order valence-electron chi connectivity index (χ3n) is 4.17. The van der Waals surface area contributed by atoms with E-state index in [1.165, 1.54) is 5.56 Å². The maximum absolute atomic E-state index is 9.94. The average molecular weight is 263 g/mol. The standard InChI is InChI=1S/C19H21N/c1-3-14-19(15-20,18-12-8-5-9-13-18)16(2)17-10-6-4-7-11-17/h4-13,16H,3,14H2,1-2H3/t16-,19+/m0/s1. The van der Waals surface area contributed by atoms with Crippen molar-refractivity contribution >= 4 is 0 Å². The highest BCUT2D eigenvalue weighted by molar-refractivity contribution is 5.39. The topological polar surface area (TPSA) is 23.8 Å². The van der Waals surface area contributed by atoms with E-state index >= 15 is 0 Å². The molecule has 0 heterocycles. The first kappa shape index (κ1) is 14.3. The van der Waals surface area contributed by atoms with Crippen molar-refractivity contribution in [3.63, 3.8) is 0 Å². The zero-order chi connectivity index (χ0) is 14.4. The van der Waals surface area contributed by atoms with Crippen LogP contribution in [-0.4, -0.2) is 0 Å². The third kappa shape index (κ3) is 2.60. The number of nitriles is 1. The minimum absolute atomic E-state index is 0.177. The quantitative estimate of drug-likeness (QED) is 0.740. The molecule has 0 aromatic heterocycles. The second-order valence-corrected chi connectivity index (χ2v) is 5.33. The molecule has 0 saturated carbocycles. The molecule has 102 valence electrons. The molecule has 0 saturated heterocycles. The Morgan fingerprint density at radius 3 is 2.05 bits per heavy atom. The highest BCUT2D eigenvalue weighted by Gasteiger charge is 2.38. The summed E-state index contributed by atoms with van der Waals surface area (Å²) in [5.74, 6) is 0.177. The molecule has 0 radical (unpaired) electrons. The van der Waals surface area contributed by atoms with Gasteiger partial charge in [-0.25, -0.2) is 0 Å². The van der Waals surface area contributed by atoms with Crippen LogP contribution in [0.2, 0.25) is 0 Å². The molecule has 0 aliphatic heterocycles. The van der Waals surface area contributed by atoms with Gasteiger partial charge in [-0.2, -0.15) is 5.26 Å². The first-order chi connectivity index (χ1) is 9.74. The molecule has 2 aromatic carbocycles. The lowest BCUT2D eigenvalue weighted by Crippen LogP contribution is -2.30. The fraction of sp³-hybridized carbons (Fsp3) is 0.316. The molecule has 0 fully saturated rings. The van der Waals surface area contributed by atoms with E-state index < -0.39 is 5.41 Å². The predicted molar refractivity (Wildman–Crippen MR) is 83.5 cm³/mol. The monoisotopic (exact) mass is 263 g/mol. The molecule has 0 spiro atoms. The van der Waals surface area contributed by atoms with Gasteiger partial charge in [-0.1, -0.05) is 80.9 Å². The van der Waals surface area contributed by atoms with Gasteiger partial charge in [0.1, 0.15) is 0 Å². The van der Waals surface area contributed by atoms with Crippen LogP contribution < -0.4 is 0 Å². The summed E-state index contributed by atoms with van der Waals surface area (Å²) in [5, 5.41) is 9.94. The van der Waals surface area contributed by atoms with E-state index in [0.717, 1.165) is 18.4 Å². The molecule has 2 aromatic rings. The Labute approximate surface area is 121 Å². The summed E-state index contributed by atoms with van der Waals surface area (Å²) in [6.45, 7) is 4.31. The van der Waals surface area contributed by atoms with E-state index in [2.05, 4.69) is 44.2 Å². The minimum atomic E-state index is -0.447. The van der Waals surface area contributed by atoms with E-state index in [4.69, 9.17) is 0 Å². The molecule has 0 aliphatic rings. The smallest absolute Gasteiger partial charge is 0.0887 e. The van der Waals surface area contributed by atoms with Crippen LogP contribution in [0, 0.1) is 11.3 Å². The zero-order valence-corrected chi connectivity index (χ0v) is 12.2. The van der Waals surface area contributed by atoms with Crippen LogP contribution >= 0.6 is 0 Å². The molecule has 2 rings (SSSR count). The second kappa shape index (κ2) is 6.39. The lowest BCUT2D eigenvalue weighted by molar-refractivity contribution is 0.422. The lowest BCUT2D eigenvalue weighted by atomic mass is 9.67. The largest absolute Gasteiger partial charge is 0.197 e. The molecule has 1 heteroatoms. The van der Waals surface area contributed by atoms with Crippen molar-refractivity contribution in [2.24, 2.45) is 0 Å². The maximum Gasteiger partial charge on any atom is 0.0887 e. The average Bonchev–Trinajstić information content (AvgIpc) is 2.54.